The number of Topliss-reactive ketones (excluding diaryl/α,β-unsaturated/α-hetero) is 1. The lowest BCUT2D eigenvalue weighted by atomic mass is 9.72. The molecule has 1 saturated carbocycles. The average molecular weight is 417 g/mol. The molecule has 3 heterocycles. The predicted molar refractivity (Wildman–Crippen MR) is 120 cm³/mol. The van der Waals surface area contributed by atoms with Gasteiger partial charge in [-0.15, -0.1) is 0 Å². The molecule has 1 fully saturated rings. The Hall–Kier alpha value is -3.15. The quantitative estimate of drug-likeness (QED) is 0.600. The summed E-state index contributed by atoms with van der Waals surface area (Å²) >= 11 is 0. The van der Waals surface area contributed by atoms with Gasteiger partial charge in [-0.05, 0) is 49.9 Å². The van der Waals surface area contributed by atoms with E-state index in [1.165, 1.54) is 0 Å². The second-order valence-electron chi connectivity index (χ2n) is 8.91. The number of hydrogen-bond donors (Lipinski definition) is 1. The van der Waals surface area contributed by atoms with Gasteiger partial charge in [-0.2, -0.15) is 0 Å². The van der Waals surface area contributed by atoms with Crippen molar-refractivity contribution in [2.75, 3.05) is 12.4 Å². The second kappa shape index (κ2) is 7.52. The molecule has 6 heteroatoms. The zero-order chi connectivity index (χ0) is 21.6. The van der Waals surface area contributed by atoms with E-state index in [4.69, 9.17) is 9.72 Å². The first-order chi connectivity index (χ1) is 15.0. The Labute approximate surface area is 182 Å². The number of carbonyl (C=O) groups is 1. The Kier molecular flexibility index (Phi) is 4.80. The third-order valence-electron chi connectivity index (χ3n) is 6.75. The molecule has 5 rings (SSSR count). The summed E-state index contributed by atoms with van der Waals surface area (Å²) in [6, 6.07) is 11.6. The molecule has 1 aliphatic heterocycles. The lowest BCUT2D eigenvalue weighted by molar-refractivity contribution is 0.0861. The van der Waals surface area contributed by atoms with Crippen LogP contribution in [0.15, 0.2) is 48.8 Å². The van der Waals surface area contributed by atoms with Crippen LogP contribution in [0.1, 0.15) is 67.3 Å². The smallest absolute Gasteiger partial charge is 0.169 e. The summed E-state index contributed by atoms with van der Waals surface area (Å²) in [4.78, 5) is 22.7. The number of methoxy groups -OCH3 is 1. The fourth-order valence-electron chi connectivity index (χ4n) is 5.15. The van der Waals surface area contributed by atoms with Crippen molar-refractivity contribution in [3.63, 3.8) is 0 Å². The van der Waals surface area contributed by atoms with Crippen LogP contribution in [0.2, 0.25) is 0 Å². The van der Waals surface area contributed by atoms with Crippen molar-refractivity contribution >= 4 is 11.5 Å². The minimum atomic E-state index is -0.228. The van der Waals surface area contributed by atoms with E-state index in [0.29, 0.717) is 17.2 Å². The zero-order valence-corrected chi connectivity index (χ0v) is 18.3. The number of nitrogens with one attached hydrogen (secondary N) is 1. The van der Waals surface area contributed by atoms with Crippen LogP contribution in [0.3, 0.4) is 0 Å². The first-order valence-electron chi connectivity index (χ1n) is 11.0. The third-order valence-corrected chi connectivity index (χ3v) is 6.75. The van der Waals surface area contributed by atoms with Gasteiger partial charge in [0.15, 0.2) is 11.6 Å². The summed E-state index contributed by atoms with van der Waals surface area (Å²) in [6.45, 7) is 4.32. The summed E-state index contributed by atoms with van der Waals surface area (Å²) < 4.78 is 7.66. The maximum atomic E-state index is 13.3. The van der Waals surface area contributed by atoms with Gasteiger partial charge in [-0.3, -0.25) is 9.36 Å². The van der Waals surface area contributed by atoms with Gasteiger partial charge < -0.3 is 10.1 Å². The topological polar surface area (TPSA) is 69.0 Å². The van der Waals surface area contributed by atoms with Crippen molar-refractivity contribution in [3.8, 4) is 11.6 Å². The number of rotatable bonds is 4. The van der Waals surface area contributed by atoms with E-state index < -0.39 is 0 Å². The van der Waals surface area contributed by atoms with Crippen LogP contribution in [-0.2, 0) is 5.54 Å². The van der Waals surface area contributed by atoms with E-state index >= 15 is 0 Å². The molecule has 1 spiro atoms. The molecule has 0 saturated heterocycles. The molecule has 0 amide bonds. The van der Waals surface area contributed by atoms with E-state index in [-0.39, 0.29) is 17.2 Å². The molecule has 160 valence electrons. The van der Waals surface area contributed by atoms with Gasteiger partial charge in [-0.25, -0.2) is 9.97 Å². The molecule has 31 heavy (non-hydrogen) atoms. The van der Waals surface area contributed by atoms with Crippen LogP contribution in [0.5, 0.6) is 5.75 Å². The first-order valence-corrected chi connectivity index (χ1v) is 11.0. The molecular weight excluding hydrogens is 388 g/mol. The average Bonchev–Trinajstić information content (AvgIpc) is 3.26. The molecule has 0 bridgehead atoms. The summed E-state index contributed by atoms with van der Waals surface area (Å²) in [5.74, 6) is 3.08. The number of benzene rings is 1. The third kappa shape index (κ3) is 3.12. The van der Waals surface area contributed by atoms with Crippen LogP contribution < -0.4 is 10.1 Å². The van der Waals surface area contributed by atoms with Crippen molar-refractivity contribution in [1.82, 2.24) is 14.5 Å². The molecule has 6 nitrogen and oxygen atoms in total. The monoisotopic (exact) mass is 416 g/mol. The van der Waals surface area contributed by atoms with E-state index in [9.17, 15) is 4.79 Å². The van der Waals surface area contributed by atoms with Crippen LogP contribution in [0.25, 0.3) is 5.82 Å². The molecule has 0 radical (unpaired) electrons. The summed E-state index contributed by atoms with van der Waals surface area (Å²) in [5, 5.41) is 3.78. The zero-order valence-electron chi connectivity index (χ0n) is 18.3. The number of para-hydroxylation sites is 1. The number of carbonyl (C=O) groups excluding carboxylic acids is 1. The lowest BCUT2D eigenvalue weighted by Crippen LogP contribution is -2.44. The molecule has 0 atom stereocenters. The molecule has 1 aliphatic carbocycles. The number of aromatic nitrogens is 3. The highest BCUT2D eigenvalue weighted by Crippen LogP contribution is 2.48. The van der Waals surface area contributed by atoms with E-state index in [1.54, 1.807) is 7.11 Å². The highest BCUT2D eigenvalue weighted by atomic mass is 16.5. The highest BCUT2D eigenvalue weighted by Gasteiger charge is 2.45. The number of ether oxygens (including phenoxy) is 1. The van der Waals surface area contributed by atoms with Crippen molar-refractivity contribution in [2.45, 2.75) is 51.0 Å². The fourth-order valence-corrected chi connectivity index (χ4v) is 5.15. The van der Waals surface area contributed by atoms with Gasteiger partial charge in [0.1, 0.15) is 11.6 Å². The number of anilines is 1. The Morgan fingerprint density at radius 2 is 1.94 bits per heavy atom. The SMILES string of the molecule is COc1ccccc1C(=O)C1CCC2(CC1)Nc1cccnc1-n1c2cnc1C(C)C. The van der Waals surface area contributed by atoms with Gasteiger partial charge in [0.2, 0.25) is 0 Å². The lowest BCUT2D eigenvalue weighted by Gasteiger charge is -2.44. The fraction of sp³-hybridized carbons (Fsp3) is 0.400. The minimum absolute atomic E-state index is 0.0000362. The van der Waals surface area contributed by atoms with Gasteiger partial charge in [0.25, 0.3) is 0 Å². The van der Waals surface area contributed by atoms with Crippen LogP contribution >= 0.6 is 0 Å². The number of nitrogens with zero attached hydrogens (tertiary/aromatic N) is 3. The molecule has 1 N–H and O–H groups in total. The predicted octanol–water partition coefficient (Wildman–Crippen LogP) is 5.09. The normalized spacial score (nSPS) is 22.0. The number of hydrogen-bond acceptors (Lipinski definition) is 5. The Morgan fingerprint density at radius 3 is 2.68 bits per heavy atom. The van der Waals surface area contributed by atoms with Crippen molar-refractivity contribution in [1.29, 1.82) is 0 Å². The van der Waals surface area contributed by atoms with Gasteiger partial charge in [-0.1, -0.05) is 26.0 Å². The molecule has 2 aliphatic rings. The minimum Gasteiger partial charge on any atom is -0.496 e. The van der Waals surface area contributed by atoms with Crippen LogP contribution in [0.4, 0.5) is 5.69 Å². The Morgan fingerprint density at radius 1 is 1.16 bits per heavy atom. The molecule has 3 aromatic rings. The van der Waals surface area contributed by atoms with E-state index in [2.05, 4.69) is 34.8 Å². The number of imidazole rings is 1. The molecular formula is C25H28N4O2. The first kappa shape index (κ1) is 19.8. The standard InChI is InChI=1S/C25H28N4O2/c1-16(2)23-27-15-21-25(28-19-8-6-14-26-24(19)29(21)23)12-10-17(11-13-25)22(30)18-7-4-5-9-20(18)31-3/h4-9,14-17,28H,10-13H2,1-3H3. The highest BCUT2D eigenvalue weighted by molar-refractivity contribution is 6.00. The van der Waals surface area contributed by atoms with Crippen molar-refractivity contribution in [3.05, 3.63) is 65.9 Å². The Bertz CT molecular complexity index is 1130. The van der Waals surface area contributed by atoms with E-state index in [1.807, 2.05) is 42.7 Å². The van der Waals surface area contributed by atoms with Gasteiger partial charge in [0.05, 0.1) is 35.8 Å². The molecule has 0 unspecified atom stereocenters. The molecule has 1 aromatic carbocycles. The van der Waals surface area contributed by atoms with Crippen molar-refractivity contribution < 1.29 is 9.53 Å². The summed E-state index contributed by atoms with van der Waals surface area (Å²) in [5.41, 5.74) is 2.65. The van der Waals surface area contributed by atoms with Crippen LogP contribution in [0, 0.1) is 5.92 Å². The largest absolute Gasteiger partial charge is 0.496 e. The number of pyridine rings is 1. The summed E-state index contributed by atoms with van der Waals surface area (Å²) in [7, 11) is 1.62. The van der Waals surface area contributed by atoms with Crippen LogP contribution in [-0.4, -0.2) is 27.4 Å². The van der Waals surface area contributed by atoms with E-state index in [0.717, 1.165) is 48.7 Å². The molecule has 2 aromatic heterocycles. The van der Waals surface area contributed by atoms with Gasteiger partial charge >= 0.3 is 0 Å². The maximum absolute atomic E-state index is 13.3. The number of ketones is 1. The maximum Gasteiger partial charge on any atom is 0.169 e. The van der Waals surface area contributed by atoms with Crippen molar-refractivity contribution in [2.24, 2.45) is 5.92 Å². The second-order valence-corrected chi connectivity index (χ2v) is 8.91. The van der Waals surface area contributed by atoms with Gasteiger partial charge in [0, 0.05) is 18.0 Å². The summed E-state index contributed by atoms with van der Waals surface area (Å²) in [6.07, 6.45) is 7.22. The number of fused-ring (bicyclic) bond motifs is 4. The Balaban J connectivity index is 1.46.